The minimum Gasteiger partial charge on any atom is -0.315 e. The van der Waals surface area contributed by atoms with Gasteiger partial charge in [0.2, 0.25) is 0 Å². The molecule has 0 amide bonds. The van der Waals surface area contributed by atoms with E-state index in [0.29, 0.717) is 0 Å². The maximum atomic E-state index is 4.97. The Balaban J connectivity index is 1.23. The Kier molecular flexibility index (Phi) is 5.09. The van der Waals surface area contributed by atoms with Gasteiger partial charge in [0.05, 0.1) is 22.3 Å². The molecular weight excluding hydrogens is 522 g/mol. The average molecular weight is 552 g/mol. The van der Waals surface area contributed by atoms with Gasteiger partial charge in [-0.2, -0.15) is 0 Å². The topological polar surface area (TPSA) is 21.1 Å². The first-order valence-corrected chi connectivity index (χ1v) is 15.0. The van der Waals surface area contributed by atoms with Crippen LogP contribution < -0.4 is 4.90 Å². The second kappa shape index (κ2) is 9.04. The van der Waals surface area contributed by atoms with Crippen molar-refractivity contribution in [3.63, 3.8) is 0 Å². The third-order valence-electron chi connectivity index (χ3n) is 9.40. The highest BCUT2D eigenvalue weighted by molar-refractivity contribution is 6.11. The average Bonchev–Trinajstić information content (AvgIpc) is 3.53. The van der Waals surface area contributed by atoms with Crippen LogP contribution in [0.15, 0.2) is 146 Å². The second-order valence-electron chi connectivity index (χ2n) is 11.8. The van der Waals surface area contributed by atoms with Crippen LogP contribution in [0.1, 0.15) is 18.9 Å². The fourth-order valence-corrected chi connectivity index (χ4v) is 7.37. The summed E-state index contributed by atoms with van der Waals surface area (Å²) in [7, 11) is 0. The van der Waals surface area contributed by atoms with E-state index in [0.717, 1.165) is 12.2 Å². The van der Waals surface area contributed by atoms with Crippen molar-refractivity contribution in [1.82, 2.24) is 9.55 Å². The molecule has 0 N–H and O–H groups in total. The molecule has 3 nitrogen and oxygen atoms in total. The van der Waals surface area contributed by atoms with Crippen LogP contribution in [0.3, 0.4) is 0 Å². The molecule has 7 aromatic rings. The summed E-state index contributed by atoms with van der Waals surface area (Å²) in [5, 5.41) is 4.92. The number of fused-ring (bicyclic) bond motifs is 7. The predicted octanol–water partition coefficient (Wildman–Crippen LogP) is 10.3. The number of hydrogen-bond donors (Lipinski definition) is 0. The van der Waals surface area contributed by atoms with Gasteiger partial charge in [0.15, 0.2) is 0 Å². The van der Waals surface area contributed by atoms with E-state index in [2.05, 4.69) is 156 Å². The molecule has 0 fully saturated rings. The standard InChI is InChI=1S/C40H29N3/c1-40-23-10-9-16-35(40)34-26-29(19-21-38(34)43(40)39-31-14-6-5-11-27(31)22-24-41-39)28-18-20-37-33(25-28)32-15-7-8-17-36(32)42(37)30-12-3-2-4-13-30/h2-22,24-26H,23H2,1H3. The van der Waals surface area contributed by atoms with Gasteiger partial charge < -0.3 is 9.47 Å². The predicted molar refractivity (Wildman–Crippen MR) is 180 cm³/mol. The minimum absolute atomic E-state index is 0.208. The number of rotatable bonds is 3. The molecule has 204 valence electrons. The van der Waals surface area contributed by atoms with Gasteiger partial charge in [0.1, 0.15) is 5.82 Å². The molecule has 2 aliphatic rings. The maximum absolute atomic E-state index is 4.97. The number of benzene rings is 5. The van der Waals surface area contributed by atoms with E-state index in [1.807, 2.05) is 6.20 Å². The van der Waals surface area contributed by atoms with Gasteiger partial charge in [-0.05, 0) is 84.0 Å². The molecular formula is C40H29N3. The lowest BCUT2D eigenvalue weighted by atomic mass is 9.83. The molecule has 1 aliphatic carbocycles. The van der Waals surface area contributed by atoms with Crippen molar-refractivity contribution in [2.75, 3.05) is 4.90 Å². The zero-order valence-electron chi connectivity index (χ0n) is 23.9. The number of anilines is 2. The van der Waals surface area contributed by atoms with Crippen LogP contribution in [-0.4, -0.2) is 15.1 Å². The molecule has 2 aromatic heterocycles. The normalized spacial score (nSPS) is 17.4. The summed E-state index contributed by atoms with van der Waals surface area (Å²) in [4.78, 5) is 7.44. The number of para-hydroxylation sites is 2. The first kappa shape index (κ1) is 24.2. The van der Waals surface area contributed by atoms with Crippen LogP contribution in [0.2, 0.25) is 0 Å². The molecule has 1 atom stereocenters. The van der Waals surface area contributed by atoms with E-state index in [4.69, 9.17) is 4.98 Å². The summed E-state index contributed by atoms with van der Waals surface area (Å²) in [5.41, 5.74) is 9.71. The molecule has 3 heterocycles. The molecule has 43 heavy (non-hydrogen) atoms. The Morgan fingerprint density at radius 2 is 1.42 bits per heavy atom. The summed E-state index contributed by atoms with van der Waals surface area (Å²) in [5.74, 6) is 1.02. The van der Waals surface area contributed by atoms with Gasteiger partial charge in [0.25, 0.3) is 0 Å². The molecule has 3 heteroatoms. The number of aromatic nitrogens is 2. The smallest absolute Gasteiger partial charge is 0.141 e. The minimum atomic E-state index is -0.208. The van der Waals surface area contributed by atoms with E-state index in [-0.39, 0.29) is 5.54 Å². The lowest BCUT2D eigenvalue weighted by Gasteiger charge is -2.38. The highest BCUT2D eigenvalue weighted by Gasteiger charge is 2.46. The van der Waals surface area contributed by atoms with Crippen LogP contribution in [0.4, 0.5) is 11.5 Å². The Labute approximate surface area is 250 Å². The second-order valence-corrected chi connectivity index (χ2v) is 11.8. The van der Waals surface area contributed by atoms with Crippen molar-refractivity contribution < 1.29 is 0 Å². The molecule has 0 spiro atoms. The Bertz CT molecular complexity index is 2280. The zero-order valence-corrected chi connectivity index (χ0v) is 23.9. The molecule has 0 radical (unpaired) electrons. The van der Waals surface area contributed by atoms with Crippen LogP contribution in [-0.2, 0) is 0 Å². The van der Waals surface area contributed by atoms with E-state index >= 15 is 0 Å². The van der Waals surface area contributed by atoms with Crippen molar-refractivity contribution >= 4 is 49.7 Å². The Morgan fingerprint density at radius 1 is 0.674 bits per heavy atom. The molecule has 1 aliphatic heterocycles. The molecule has 9 rings (SSSR count). The summed E-state index contributed by atoms with van der Waals surface area (Å²) in [6.45, 7) is 2.36. The van der Waals surface area contributed by atoms with Crippen molar-refractivity contribution in [1.29, 1.82) is 0 Å². The lowest BCUT2D eigenvalue weighted by Crippen LogP contribution is -2.40. The van der Waals surface area contributed by atoms with E-state index in [1.165, 1.54) is 66.2 Å². The summed E-state index contributed by atoms with van der Waals surface area (Å²) >= 11 is 0. The quantitative estimate of drug-likeness (QED) is 0.218. The van der Waals surface area contributed by atoms with Gasteiger partial charge >= 0.3 is 0 Å². The third kappa shape index (κ3) is 3.45. The van der Waals surface area contributed by atoms with Crippen molar-refractivity contribution in [2.45, 2.75) is 18.9 Å². The van der Waals surface area contributed by atoms with E-state index in [9.17, 15) is 0 Å². The van der Waals surface area contributed by atoms with Crippen LogP contribution >= 0.6 is 0 Å². The Hall–Kier alpha value is -5.41. The van der Waals surface area contributed by atoms with Crippen molar-refractivity contribution in [2.24, 2.45) is 0 Å². The number of allylic oxidation sites excluding steroid dienone is 2. The number of hydrogen-bond acceptors (Lipinski definition) is 2. The van der Waals surface area contributed by atoms with Gasteiger partial charge in [-0.3, -0.25) is 0 Å². The van der Waals surface area contributed by atoms with Crippen molar-refractivity contribution in [3.8, 4) is 16.8 Å². The molecule has 0 saturated carbocycles. The summed E-state index contributed by atoms with van der Waals surface area (Å²) in [6.07, 6.45) is 9.66. The van der Waals surface area contributed by atoms with Gasteiger partial charge in [-0.15, -0.1) is 0 Å². The number of pyridine rings is 1. The fourth-order valence-electron chi connectivity index (χ4n) is 7.37. The highest BCUT2D eigenvalue weighted by atomic mass is 15.3. The highest BCUT2D eigenvalue weighted by Crippen LogP contribution is 2.55. The van der Waals surface area contributed by atoms with Crippen LogP contribution in [0.25, 0.3) is 55.0 Å². The largest absolute Gasteiger partial charge is 0.315 e. The Morgan fingerprint density at radius 3 is 2.33 bits per heavy atom. The van der Waals surface area contributed by atoms with Gasteiger partial charge in [0, 0.05) is 33.6 Å². The third-order valence-corrected chi connectivity index (χ3v) is 9.40. The molecule has 0 bridgehead atoms. The molecule has 0 saturated heterocycles. The first-order valence-electron chi connectivity index (χ1n) is 15.0. The van der Waals surface area contributed by atoms with Crippen LogP contribution in [0, 0.1) is 0 Å². The monoisotopic (exact) mass is 551 g/mol. The maximum Gasteiger partial charge on any atom is 0.141 e. The summed E-state index contributed by atoms with van der Waals surface area (Å²) in [6, 6.07) is 43.9. The molecule has 5 aromatic carbocycles. The lowest BCUT2D eigenvalue weighted by molar-refractivity contribution is 0.603. The first-order chi connectivity index (χ1) is 21.2. The zero-order chi connectivity index (χ0) is 28.5. The van der Waals surface area contributed by atoms with E-state index < -0.39 is 0 Å². The van der Waals surface area contributed by atoms with E-state index in [1.54, 1.807) is 0 Å². The molecule has 1 unspecified atom stereocenters. The number of nitrogens with zero attached hydrogens (tertiary/aromatic N) is 3. The van der Waals surface area contributed by atoms with Gasteiger partial charge in [-0.1, -0.05) is 91.0 Å². The van der Waals surface area contributed by atoms with Crippen molar-refractivity contribution in [3.05, 3.63) is 151 Å². The SMILES string of the molecule is CC12CC=CC=C1c1cc(-c3ccc4c(c3)c3ccccc3n4-c3ccccc3)ccc1N2c1nccc2ccccc12. The fraction of sp³-hybridized carbons (Fsp3) is 0.0750. The van der Waals surface area contributed by atoms with Gasteiger partial charge in [-0.25, -0.2) is 4.98 Å². The summed E-state index contributed by atoms with van der Waals surface area (Å²) < 4.78 is 2.37. The van der Waals surface area contributed by atoms with Crippen LogP contribution in [0.5, 0.6) is 0 Å².